The second-order valence-electron chi connectivity index (χ2n) is 4.34. The smallest absolute Gasteiger partial charge is 0.326 e. The van der Waals surface area contributed by atoms with Crippen molar-refractivity contribution in [2.45, 2.75) is 38.8 Å². The minimum Gasteiger partial charge on any atom is -0.481 e. The summed E-state index contributed by atoms with van der Waals surface area (Å²) in [7, 11) is 0. The highest BCUT2D eigenvalue weighted by Gasteiger charge is 2.24. The van der Waals surface area contributed by atoms with Crippen LogP contribution in [0.5, 0.6) is 0 Å². The van der Waals surface area contributed by atoms with Gasteiger partial charge in [-0.15, -0.1) is 0 Å². The predicted molar refractivity (Wildman–Crippen MR) is 55.1 cm³/mol. The molecular formula is C9H16N2O5. The van der Waals surface area contributed by atoms with E-state index in [0.717, 1.165) is 0 Å². The zero-order valence-electron chi connectivity index (χ0n) is 9.40. The van der Waals surface area contributed by atoms with Crippen LogP contribution in [0.25, 0.3) is 0 Å². The molecule has 2 amide bonds. The van der Waals surface area contributed by atoms with Crippen molar-refractivity contribution in [3.05, 3.63) is 0 Å². The number of hydrogen-bond acceptors (Lipinski definition) is 3. The van der Waals surface area contributed by atoms with Crippen molar-refractivity contribution >= 4 is 18.0 Å². The maximum absolute atomic E-state index is 11.3. The topological polar surface area (TPSA) is 116 Å². The summed E-state index contributed by atoms with van der Waals surface area (Å²) in [4.78, 5) is 32.3. The third-order valence-corrected chi connectivity index (χ3v) is 1.47. The molecule has 0 unspecified atom stereocenters. The van der Waals surface area contributed by atoms with Gasteiger partial charge in [-0.05, 0) is 20.8 Å². The Labute approximate surface area is 92.8 Å². The molecule has 0 rings (SSSR count). The quantitative estimate of drug-likeness (QED) is 0.545. The molecule has 92 valence electrons. The molecule has 7 heteroatoms. The van der Waals surface area contributed by atoms with Gasteiger partial charge in [0.1, 0.15) is 6.04 Å². The molecule has 0 aromatic carbocycles. The fourth-order valence-corrected chi connectivity index (χ4v) is 0.910. The maximum atomic E-state index is 11.3. The van der Waals surface area contributed by atoms with E-state index in [1.807, 2.05) is 0 Å². The highest BCUT2D eigenvalue weighted by molar-refractivity contribution is 5.86. The molecule has 0 saturated heterocycles. The Kier molecular flexibility index (Phi) is 4.74. The zero-order chi connectivity index (χ0) is 12.9. The molecule has 0 saturated carbocycles. The van der Waals surface area contributed by atoms with Crippen molar-refractivity contribution in [1.82, 2.24) is 10.6 Å². The van der Waals surface area contributed by atoms with Gasteiger partial charge in [0.2, 0.25) is 0 Å². The lowest BCUT2D eigenvalue weighted by molar-refractivity contribution is -0.145. The van der Waals surface area contributed by atoms with E-state index in [0.29, 0.717) is 0 Å². The SMILES string of the molecule is CC(C)(C)NC(=O)N[C@@H](CC(=O)O)C(=O)O. The average molecular weight is 232 g/mol. The summed E-state index contributed by atoms with van der Waals surface area (Å²) in [5.41, 5.74) is -0.517. The van der Waals surface area contributed by atoms with Crippen LogP contribution in [0.4, 0.5) is 4.79 Å². The zero-order valence-corrected chi connectivity index (χ0v) is 9.40. The van der Waals surface area contributed by atoms with E-state index < -0.39 is 36.0 Å². The van der Waals surface area contributed by atoms with Crippen molar-refractivity contribution in [3.8, 4) is 0 Å². The highest BCUT2D eigenvalue weighted by Crippen LogP contribution is 1.99. The van der Waals surface area contributed by atoms with Gasteiger partial charge in [0, 0.05) is 5.54 Å². The number of carbonyl (C=O) groups is 3. The average Bonchev–Trinajstić information content (AvgIpc) is 1.97. The van der Waals surface area contributed by atoms with Gasteiger partial charge >= 0.3 is 18.0 Å². The van der Waals surface area contributed by atoms with Crippen LogP contribution in [0, 0.1) is 0 Å². The van der Waals surface area contributed by atoms with Gasteiger partial charge < -0.3 is 20.8 Å². The number of amides is 2. The van der Waals surface area contributed by atoms with Gasteiger partial charge in [-0.2, -0.15) is 0 Å². The molecule has 0 heterocycles. The first-order valence-electron chi connectivity index (χ1n) is 4.65. The Bertz CT molecular complexity index is 295. The molecule has 1 atom stereocenters. The molecule has 0 aliphatic heterocycles. The van der Waals surface area contributed by atoms with E-state index in [1.54, 1.807) is 20.8 Å². The Hall–Kier alpha value is -1.79. The van der Waals surface area contributed by atoms with Crippen molar-refractivity contribution < 1.29 is 24.6 Å². The number of hydrogen-bond donors (Lipinski definition) is 4. The maximum Gasteiger partial charge on any atom is 0.326 e. The van der Waals surface area contributed by atoms with Crippen molar-refractivity contribution in [2.75, 3.05) is 0 Å². The van der Waals surface area contributed by atoms with Crippen LogP contribution in [0.1, 0.15) is 27.2 Å². The second kappa shape index (κ2) is 5.34. The standard InChI is InChI=1S/C9H16N2O5/c1-9(2,3)11-8(16)10-5(7(14)15)4-6(12)13/h5H,4H2,1-3H3,(H,12,13)(H,14,15)(H2,10,11,16)/t5-/m0/s1. The Balaban J connectivity index is 4.35. The van der Waals surface area contributed by atoms with Crippen molar-refractivity contribution in [2.24, 2.45) is 0 Å². The number of urea groups is 1. The van der Waals surface area contributed by atoms with Gasteiger partial charge in [-0.3, -0.25) is 4.79 Å². The lowest BCUT2D eigenvalue weighted by Gasteiger charge is -2.22. The molecule has 0 bridgehead atoms. The molecule has 0 aliphatic rings. The van der Waals surface area contributed by atoms with Gasteiger partial charge in [0.15, 0.2) is 0 Å². The van der Waals surface area contributed by atoms with Crippen LogP contribution in [0.2, 0.25) is 0 Å². The third kappa shape index (κ3) is 6.63. The molecule has 0 aromatic rings. The van der Waals surface area contributed by atoms with E-state index >= 15 is 0 Å². The summed E-state index contributed by atoms with van der Waals surface area (Å²) < 4.78 is 0. The van der Waals surface area contributed by atoms with Crippen LogP contribution < -0.4 is 10.6 Å². The first-order valence-corrected chi connectivity index (χ1v) is 4.65. The van der Waals surface area contributed by atoms with Crippen LogP contribution in [-0.2, 0) is 9.59 Å². The van der Waals surface area contributed by atoms with Gasteiger partial charge in [0.25, 0.3) is 0 Å². The third-order valence-electron chi connectivity index (χ3n) is 1.47. The molecule has 0 aromatic heterocycles. The second-order valence-corrected chi connectivity index (χ2v) is 4.34. The number of nitrogens with one attached hydrogen (secondary N) is 2. The lowest BCUT2D eigenvalue weighted by Crippen LogP contribution is -2.52. The minimum absolute atomic E-state index is 0.517. The summed E-state index contributed by atoms with van der Waals surface area (Å²) in [6, 6.07) is -2.14. The van der Waals surface area contributed by atoms with Crippen LogP contribution >= 0.6 is 0 Å². The number of carbonyl (C=O) groups excluding carboxylic acids is 1. The van der Waals surface area contributed by atoms with Crippen LogP contribution in [0.15, 0.2) is 0 Å². The monoisotopic (exact) mass is 232 g/mol. The summed E-state index contributed by atoms with van der Waals surface area (Å²) >= 11 is 0. The van der Waals surface area contributed by atoms with Crippen molar-refractivity contribution in [1.29, 1.82) is 0 Å². The number of carboxylic acid groups (broad SMARTS) is 2. The molecule has 7 nitrogen and oxygen atoms in total. The molecular weight excluding hydrogens is 216 g/mol. The first-order chi connectivity index (χ1) is 7.11. The first kappa shape index (κ1) is 14.2. The number of aliphatic carboxylic acids is 2. The van der Waals surface area contributed by atoms with Crippen molar-refractivity contribution in [3.63, 3.8) is 0 Å². The predicted octanol–water partition coefficient (Wildman–Crippen LogP) is 0.0120. The fourth-order valence-electron chi connectivity index (χ4n) is 0.910. The van der Waals surface area contributed by atoms with Gasteiger partial charge in [-0.1, -0.05) is 0 Å². The molecule has 0 spiro atoms. The Morgan fingerprint density at radius 2 is 1.69 bits per heavy atom. The highest BCUT2D eigenvalue weighted by atomic mass is 16.4. The summed E-state index contributed by atoms with van der Waals surface area (Å²) in [6.45, 7) is 5.17. The summed E-state index contributed by atoms with van der Waals surface area (Å²) in [6.07, 6.45) is -0.660. The Morgan fingerprint density at radius 3 is 2.00 bits per heavy atom. The van der Waals surface area contributed by atoms with E-state index in [9.17, 15) is 14.4 Å². The lowest BCUT2D eigenvalue weighted by atomic mass is 10.1. The largest absolute Gasteiger partial charge is 0.481 e. The summed E-state index contributed by atoms with van der Waals surface area (Å²) in [5.74, 6) is -2.67. The summed E-state index contributed by atoms with van der Waals surface area (Å²) in [5, 5.41) is 21.7. The molecule has 0 fully saturated rings. The fraction of sp³-hybridized carbons (Fsp3) is 0.667. The minimum atomic E-state index is -1.43. The molecule has 0 radical (unpaired) electrons. The number of carboxylic acids is 2. The molecule has 0 aliphatic carbocycles. The molecule has 16 heavy (non-hydrogen) atoms. The Morgan fingerprint density at radius 1 is 1.19 bits per heavy atom. The van der Waals surface area contributed by atoms with E-state index in [4.69, 9.17) is 10.2 Å². The van der Waals surface area contributed by atoms with Crippen LogP contribution in [0.3, 0.4) is 0 Å². The van der Waals surface area contributed by atoms with Gasteiger partial charge in [-0.25, -0.2) is 9.59 Å². The number of rotatable bonds is 4. The molecule has 4 N–H and O–H groups in total. The van der Waals surface area contributed by atoms with E-state index in [2.05, 4.69) is 10.6 Å². The van der Waals surface area contributed by atoms with Crippen LogP contribution in [-0.4, -0.2) is 39.8 Å². The van der Waals surface area contributed by atoms with Gasteiger partial charge in [0.05, 0.1) is 6.42 Å². The van der Waals surface area contributed by atoms with E-state index in [1.165, 1.54) is 0 Å². The normalized spacial score (nSPS) is 12.7. The van der Waals surface area contributed by atoms with E-state index in [-0.39, 0.29) is 0 Å².